The quantitative estimate of drug-likeness (QED) is 0.448. The zero-order valence-electron chi connectivity index (χ0n) is 14.4. The molecule has 1 heterocycles. The van der Waals surface area contributed by atoms with Crippen molar-refractivity contribution in [3.8, 4) is 0 Å². The van der Waals surface area contributed by atoms with E-state index in [-0.39, 0.29) is 5.91 Å². The van der Waals surface area contributed by atoms with Crippen LogP contribution in [0.2, 0.25) is 5.02 Å². The van der Waals surface area contributed by atoms with Gasteiger partial charge in [-0.3, -0.25) is 4.79 Å². The lowest BCUT2D eigenvalue weighted by Crippen LogP contribution is -2.20. The molecule has 5 nitrogen and oxygen atoms in total. The Hall–Kier alpha value is -1.83. The van der Waals surface area contributed by atoms with E-state index < -0.39 is 0 Å². The summed E-state index contributed by atoms with van der Waals surface area (Å²) >= 11 is 8.97. The predicted molar refractivity (Wildman–Crippen MR) is 109 cm³/mol. The Morgan fingerprint density at radius 1 is 1.35 bits per heavy atom. The number of thioether (sulfide) groups is 1. The summed E-state index contributed by atoms with van der Waals surface area (Å²) in [5.74, 6) is -0.199. The third-order valence-corrected chi connectivity index (χ3v) is 6.55. The molecule has 1 N–H and O–H groups in total. The highest BCUT2D eigenvalue weighted by Gasteiger charge is 2.28. The van der Waals surface area contributed by atoms with Crippen LogP contribution >= 0.6 is 34.7 Å². The number of halogens is 1. The van der Waals surface area contributed by atoms with Gasteiger partial charge in [-0.05, 0) is 48.8 Å². The SMILES string of the molecule is CO/N=C1\CCCc2c(C(=O)N/N=C\c3ccc(Cl)cc3)sc(SC)c21. The molecule has 0 aliphatic heterocycles. The third kappa shape index (κ3) is 4.11. The Morgan fingerprint density at radius 3 is 2.81 bits per heavy atom. The molecule has 0 spiro atoms. The van der Waals surface area contributed by atoms with Crippen molar-refractivity contribution < 1.29 is 9.63 Å². The second-order valence-corrected chi connectivity index (χ2v) is 8.13. The molecule has 0 unspecified atom stereocenters. The fourth-order valence-corrected chi connectivity index (χ4v) is 4.97. The summed E-state index contributed by atoms with van der Waals surface area (Å²) in [7, 11) is 1.55. The molecule has 0 bridgehead atoms. The molecule has 1 aromatic heterocycles. The lowest BCUT2D eigenvalue weighted by atomic mass is 9.92. The number of nitrogens with zero attached hydrogens (tertiary/aromatic N) is 2. The van der Waals surface area contributed by atoms with Gasteiger partial charge in [0.15, 0.2) is 0 Å². The van der Waals surface area contributed by atoms with Gasteiger partial charge in [0.25, 0.3) is 5.91 Å². The molecular weight excluding hydrogens is 390 g/mol. The van der Waals surface area contributed by atoms with Gasteiger partial charge in [-0.25, -0.2) is 5.43 Å². The summed E-state index contributed by atoms with van der Waals surface area (Å²) < 4.78 is 1.09. The molecular formula is C18H18ClN3O2S2. The van der Waals surface area contributed by atoms with Crippen LogP contribution in [0.25, 0.3) is 0 Å². The van der Waals surface area contributed by atoms with Crippen LogP contribution in [0.3, 0.4) is 0 Å². The van der Waals surface area contributed by atoms with E-state index in [1.54, 1.807) is 37.2 Å². The predicted octanol–water partition coefficient (Wildman–Crippen LogP) is 4.57. The van der Waals surface area contributed by atoms with Gasteiger partial charge in [0.05, 0.1) is 21.0 Å². The first-order valence-corrected chi connectivity index (χ1v) is 10.4. The molecule has 1 aliphatic carbocycles. The van der Waals surface area contributed by atoms with Gasteiger partial charge in [-0.2, -0.15) is 5.10 Å². The molecule has 0 fully saturated rings. The summed E-state index contributed by atoms with van der Waals surface area (Å²) in [5.41, 5.74) is 6.50. The number of hydrogen-bond donors (Lipinski definition) is 1. The van der Waals surface area contributed by atoms with Gasteiger partial charge < -0.3 is 4.84 Å². The molecule has 1 amide bonds. The second-order valence-electron chi connectivity index (χ2n) is 5.60. The average Bonchev–Trinajstić information content (AvgIpc) is 3.03. The van der Waals surface area contributed by atoms with Crippen LogP contribution in [0.5, 0.6) is 0 Å². The normalized spacial score (nSPS) is 15.3. The highest BCUT2D eigenvalue weighted by molar-refractivity contribution is 8.00. The number of hydrazone groups is 1. The summed E-state index contributed by atoms with van der Waals surface area (Å²) in [6.07, 6.45) is 6.28. The van der Waals surface area contributed by atoms with E-state index in [1.807, 2.05) is 18.4 Å². The highest BCUT2D eigenvalue weighted by atomic mass is 35.5. The van der Waals surface area contributed by atoms with E-state index in [0.717, 1.165) is 45.9 Å². The summed E-state index contributed by atoms with van der Waals surface area (Å²) in [4.78, 5) is 18.3. The summed E-state index contributed by atoms with van der Waals surface area (Å²) in [5, 5.41) is 8.88. The van der Waals surface area contributed by atoms with Crippen molar-refractivity contribution in [3.63, 3.8) is 0 Å². The number of thiophene rings is 1. The van der Waals surface area contributed by atoms with Gasteiger partial charge >= 0.3 is 0 Å². The monoisotopic (exact) mass is 407 g/mol. The van der Waals surface area contributed by atoms with Gasteiger partial charge in [0, 0.05) is 10.6 Å². The van der Waals surface area contributed by atoms with Crippen molar-refractivity contribution in [2.75, 3.05) is 13.4 Å². The van der Waals surface area contributed by atoms with E-state index in [1.165, 1.54) is 11.3 Å². The third-order valence-electron chi connectivity index (χ3n) is 3.95. The molecule has 1 aromatic carbocycles. The topological polar surface area (TPSA) is 63.0 Å². The Morgan fingerprint density at radius 2 is 2.12 bits per heavy atom. The Balaban J connectivity index is 1.81. The number of amides is 1. The first kappa shape index (κ1) is 18.9. The van der Waals surface area contributed by atoms with E-state index in [9.17, 15) is 4.79 Å². The van der Waals surface area contributed by atoms with Crippen LogP contribution in [0.4, 0.5) is 0 Å². The van der Waals surface area contributed by atoms with Crippen LogP contribution < -0.4 is 5.43 Å². The molecule has 0 atom stereocenters. The van der Waals surface area contributed by atoms with Crippen LogP contribution in [-0.2, 0) is 11.3 Å². The van der Waals surface area contributed by atoms with Gasteiger partial charge in [0.2, 0.25) is 0 Å². The van der Waals surface area contributed by atoms with Crippen molar-refractivity contribution in [2.24, 2.45) is 10.3 Å². The maximum absolute atomic E-state index is 12.6. The number of oxime groups is 1. The van der Waals surface area contributed by atoms with Crippen LogP contribution in [0.15, 0.2) is 38.7 Å². The van der Waals surface area contributed by atoms with Crippen LogP contribution in [0, 0.1) is 0 Å². The Bertz CT molecular complexity index is 860. The summed E-state index contributed by atoms with van der Waals surface area (Å²) in [6.45, 7) is 0. The van der Waals surface area contributed by atoms with Gasteiger partial charge in [0.1, 0.15) is 7.11 Å². The molecule has 1 aliphatic rings. The minimum Gasteiger partial charge on any atom is -0.399 e. The smallest absolute Gasteiger partial charge is 0.281 e. The standard InChI is InChI=1S/C18H18ClN3O2S2/c1-24-22-14-5-3-4-13-15(14)18(25-2)26-16(13)17(23)21-20-10-11-6-8-12(19)9-7-11/h6-10H,3-5H2,1-2H3,(H,21,23)/b20-10-,22-14+. The number of fused-ring (bicyclic) bond motifs is 1. The van der Waals surface area contributed by atoms with Crippen LogP contribution in [0.1, 0.15) is 39.2 Å². The fraction of sp³-hybridized carbons (Fsp3) is 0.278. The van der Waals surface area contributed by atoms with Crippen molar-refractivity contribution in [3.05, 3.63) is 50.9 Å². The largest absolute Gasteiger partial charge is 0.399 e. The molecule has 0 radical (unpaired) electrons. The van der Waals surface area contributed by atoms with Crippen molar-refractivity contribution >= 4 is 52.5 Å². The number of benzene rings is 1. The van der Waals surface area contributed by atoms with E-state index in [0.29, 0.717) is 9.90 Å². The molecule has 0 saturated carbocycles. The number of hydrogen-bond acceptors (Lipinski definition) is 6. The minimum absolute atomic E-state index is 0.199. The zero-order valence-corrected chi connectivity index (χ0v) is 16.8. The molecule has 0 saturated heterocycles. The molecule has 8 heteroatoms. The second kappa shape index (κ2) is 8.70. The summed E-state index contributed by atoms with van der Waals surface area (Å²) in [6, 6.07) is 7.23. The molecule has 26 heavy (non-hydrogen) atoms. The van der Waals surface area contributed by atoms with E-state index in [2.05, 4.69) is 15.7 Å². The lowest BCUT2D eigenvalue weighted by molar-refractivity contribution is 0.0958. The number of rotatable bonds is 5. The zero-order chi connectivity index (χ0) is 18.5. The van der Waals surface area contributed by atoms with Gasteiger partial charge in [-0.1, -0.05) is 28.9 Å². The number of nitrogens with one attached hydrogen (secondary N) is 1. The lowest BCUT2D eigenvalue weighted by Gasteiger charge is -2.15. The highest BCUT2D eigenvalue weighted by Crippen LogP contribution is 2.39. The molecule has 136 valence electrons. The van der Waals surface area contributed by atoms with Gasteiger partial charge in [-0.15, -0.1) is 23.1 Å². The van der Waals surface area contributed by atoms with Crippen molar-refractivity contribution in [1.29, 1.82) is 0 Å². The first-order valence-electron chi connectivity index (χ1n) is 8.03. The van der Waals surface area contributed by atoms with E-state index >= 15 is 0 Å². The maximum Gasteiger partial charge on any atom is 0.281 e. The van der Waals surface area contributed by atoms with Crippen molar-refractivity contribution in [2.45, 2.75) is 23.5 Å². The number of carbonyl (C=O) groups excluding carboxylic acids is 1. The Labute approximate surface area is 165 Å². The average molecular weight is 408 g/mol. The minimum atomic E-state index is -0.199. The molecule has 3 rings (SSSR count). The maximum atomic E-state index is 12.6. The van der Waals surface area contributed by atoms with Crippen molar-refractivity contribution in [1.82, 2.24) is 5.43 Å². The fourth-order valence-electron chi connectivity index (χ4n) is 2.82. The molecule has 2 aromatic rings. The van der Waals surface area contributed by atoms with E-state index in [4.69, 9.17) is 16.4 Å². The first-order chi connectivity index (χ1) is 12.6. The number of carbonyl (C=O) groups is 1. The Kier molecular flexibility index (Phi) is 6.34. The van der Waals surface area contributed by atoms with Crippen LogP contribution in [-0.4, -0.2) is 31.2 Å².